The van der Waals surface area contributed by atoms with E-state index in [4.69, 9.17) is 5.73 Å². The number of rotatable bonds is 3. The molecule has 0 spiro atoms. The van der Waals surface area contributed by atoms with Gasteiger partial charge < -0.3 is 10.3 Å². The predicted octanol–water partition coefficient (Wildman–Crippen LogP) is 2.05. The molecule has 0 aliphatic heterocycles. The van der Waals surface area contributed by atoms with Crippen LogP contribution in [0.2, 0.25) is 0 Å². The van der Waals surface area contributed by atoms with Gasteiger partial charge in [0.15, 0.2) is 0 Å². The smallest absolute Gasteiger partial charge is 0.253 e. The number of nitrogens with two attached hydrogens (primary N) is 1. The normalized spacial score (nSPS) is 11.1. The van der Waals surface area contributed by atoms with E-state index in [1.165, 1.54) is 5.56 Å². The van der Waals surface area contributed by atoms with Crippen LogP contribution < -0.4 is 11.3 Å². The van der Waals surface area contributed by atoms with Crippen molar-refractivity contribution in [2.24, 2.45) is 12.8 Å². The molecule has 18 heavy (non-hydrogen) atoms. The van der Waals surface area contributed by atoms with E-state index < -0.39 is 0 Å². The van der Waals surface area contributed by atoms with Gasteiger partial charge in [-0.15, -0.1) is 0 Å². The van der Waals surface area contributed by atoms with Gasteiger partial charge in [-0.05, 0) is 56.3 Å². The van der Waals surface area contributed by atoms with Gasteiger partial charge in [-0.2, -0.15) is 0 Å². The number of hydrogen-bond acceptors (Lipinski definition) is 2. The summed E-state index contributed by atoms with van der Waals surface area (Å²) in [6, 6.07) is 6.27. The molecule has 3 nitrogen and oxygen atoms in total. The Morgan fingerprint density at radius 1 is 1.22 bits per heavy atom. The van der Waals surface area contributed by atoms with Gasteiger partial charge in [0.2, 0.25) is 0 Å². The molecule has 1 heterocycles. The molecule has 1 aromatic carbocycles. The Hall–Kier alpha value is -1.61. The van der Waals surface area contributed by atoms with Crippen LogP contribution in [0.1, 0.15) is 23.1 Å². The molecular formula is C15H20N2O. The summed E-state index contributed by atoms with van der Waals surface area (Å²) >= 11 is 0. The van der Waals surface area contributed by atoms with Gasteiger partial charge in [0.05, 0.1) is 5.52 Å². The molecule has 0 bridgehead atoms. The zero-order chi connectivity index (χ0) is 13.3. The van der Waals surface area contributed by atoms with Crippen LogP contribution in [0.15, 0.2) is 23.0 Å². The lowest BCUT2D eigenvalue weighted by Crippen LogP contribution is -2.22. The molecule has 1 aromatic heterocycles. The molecule has 0 atom stereocenters. The Labute approximate surface area is 107 Å². The molecule has 2 rings (SSSR count). The largest absolute Gasteiger partial charge is 0.330 e. The fourth-order valence-corrected chi connectivity index (χ4v) is 2.60. The first kappa shape index (κ1) is 12.8. The molecule has 96 valence electrons. The number of fused-ring (bicyclic) bond motifs is 1. The summed E-state index contributed by atoms with van der Waals surface area (Å²) in [5.41, 5.74) is 9.88. The molecule has 0 aliphatic carbocycles. The Morgan fingerprint density at radius 2 is 1.94 bits per heavy atom. The summed E-state index contributed by atoms with van der Waals surface area (Å²) in [6.07, 6.45) is 1.61. The first-order valence-electron chi connectivity index (χ1n) is 6.34. The molecule has 0 fully saturated rings. The number of hydrogen-bond donors (Lipinski definition) is 1. The van der Waals surface area contributed by atoms with Crippen LogP contribution in [0.3, 0.4) is 0 Å². The van der Waals surface area contributed by atoms with Crippen LogP contribution in [0.4, 0.5) is 0 Å². The van der Waals surface area contributed by atoms with Crippen LogP contribution in [0, 0.1) is 13.8 Å². The van der Waals surface area contributed by atoms with Crippen LogP contribution in [-0.4, -0.2) is 11.1 Å². The quantitative estimate of drug-likeness (QED) is 0.898. The lowest BCUT2D eigenvalue weighted by Gasteiger charge is -2.12. The highest BCUT2D eigenvalue weighted by molar-refractivity contribution is 5.83. The average Bonchev–Trinajstić information content (AvgIpc) is 2.31. The number of aryl methyl sites for hydroxylation is 4. The standard InChI is InChI=1S/C15H20N2O/c1-10-7-11(2)14-13(8-10)9-12(5-4-6-16)15(18)17(14)3/h7-9H,4-6,16H2,1-3H3. The van der Waals surface area contributed by atoms with E-state index in [1.807, 2.05) is 20.0 Å². The van der Waals surface area contributed by atoms with Crippen molar-refractivity contribution < 1.29 is 0 Å². The van der Waals surface area contributed by atoms with Crippen molar-refractivity contribution in [1.29, 1.82) is 0 Å². The molecule has 0 amide bonds. The van der Waals surface area contributed by atoms with E-state index in [0.29, 0.717) is 6.54 Å². The van der Waals surface area contributed by atoms with Crippen LogP contribution in [0.25, 0.3) is 10.9 Å². The fourth-order valence-electron chi connectivity index (χ4n) is 2.60. The predicted molar refractivity (Wildman–Crippen MR) is 76.0 cm³/mol. The number of pyridine rings is 1. The zero-order valence-corrected chi connectivity index (χ0v) is 11.3. The highest BCUT2D eigenvalue weighted by Crippen LogP contribution is 2.20. The molecule has 3 heteroatoms. The van der Waals surface area contributed by atoms with Gasteiger partial charge in [-0.1, -0.05) is 11.6 Å². The van der Waals surface area contributed by atoms with Crippen molar-refractivity contribution in [1.82, 2.24) is 4.57 Å². The second-order valence-corrected chi connectivity index (χ2v) is 4.95. The third-order valence-electron chi connectivity index (χ3n) is 3.37. The van der Waals surface area contributed by atoms with Crippen LogP contribution >= 0.6 is 0 Å². The van der Waals surface area contributed by atoms with Crippen LogP contribution in [0.5, 0.6) is 0 Å². The van der Waals surface area contributed by atoms with E-state index in [0.717, 1.165) is 34.9 Å². The third-order valence-corrected chi connectivity index (χ3v) is 3.37. The minimum atomic E-state index is 0.0999. The second kappa shape index (κ2) is 4.94. The third kappa shape index (κ3) is 2.18. The van der Waals surface area contributed by atoms with Crippen molar-refractivity contribution in [3.05, 3.63) is 45.2 Å². The van der Waals surface area contributed by atoms with Crippen molar-refractivity contribution in [3.63, 3.8) is 0 Å². The van der Waals surface area contributed by atoms with Gasteiger partial charge in [0.1, 0.15) is 0 Å². The summed E-state index contributed by atoms with van der Waals surface area (Å²) in [7, 11) is 1.85. The Morgan fingerprint density at radius 3 is 2.61 bits per heavy atom. The molecule has 2 N–H and O–H groups in total. The van der Waals surface area contributed by atoms with Crippen molar-refractivity contribution in [3.8, 4) is 0 Å². The van der Waals surface area contributed by atoms with Crippen molar-refractivity contribution in [2.75, 3.05) is 6.54 Å². The average molecular weight is 244 g/mol. The molecule has 0 unspecified atom stereocenters. The number of aromatic nitrogens is 1. The summed E-state index contributed by atoms with van der Waals surface area (Å²) in [4.78, 5) is 12.2. The van der Waals surface area contributed by atoms with Gasteiger partial charge in [-0.25, -0.2) is 0 Å². The maximum Gasteiger partial charge on any atom is 0.253 e. The van der Waals surface area contributed by atoms with Gasteiger partial charge >= 0.3 is 0 Å². The number of nitrogens with zero attached hydrogens (tertiary/aromatic N) is 1. The van der Waals surface area contributed by atoms with E-state index in [9.17, 15) is 4.79 Å². The lowest BCUT2D eigenvalue weighted by atomic mass is 10.0. The van der Waals surface area contributed by atoms with Gasteiger partial charge in [0.25, 0.3) is 5.56 Å². The highest BCUT2D eigenvalue weighted by atomic mass is 16.1. The molecule has 0 saturated heterocycles. The van der Waals surface area contributed by atoms with E-state index >= 15 is 0 Å². The summed E-state index contributed by atoms with van der Waals surface area (Å²) in [5.74, 6) is 0. The van der Waals surface area contributed by atoms with Crippen LogP contribution in [-0.2, 0) is 13.5 Å². The van der Waals surface area contributed by atoms with Crippen molar-refractivity contribution >= 4 is 10.9 Å². The Balaban J connectivity index is 2.71. The Kier molecular flexibility index (Phi) is 3.53. The fraction of sp³-hybridized carbons (Fsp3) is 0.400. The van der Waals surface area contributed by atoms with Gasteiger partial charge in [-0.3, -0.25) is 4.79 Å². The Bertz CT molecular complexity index is 641. The summed E-state index contributed by atoms with van der Waals surface area (Å²) in [5, 5.41) is 1.14. The molecule has 0 aliphatic rings. The minimum Gasteiger partial charge on any atom is -0.330 e. The van der Waals surface area contributed by atoms with E-state index in [-0.39, 0.29) is 5.56 Å². The van der Waals surface area contributed by atoms with E-state index in [1.54, 1.807) is 4.57 Å². The van der Waals surface area contributed by atoms with E-state index in [2.05, 4.69) is 19.1 Å². The van der Waals surface area contributed by atoms with Crippen molar-refractivity contribution in [2.45, 2.75) is 26.7 Å². The highest BCUT2D eigenvalue weighted by Gasteiger charge is 2.08. The van der Waals surface area contributed by atoms with Gasteiger partial charge in [0, 0.05) is 12.6 Å². The SMILES string of the molecule is Cc1cc(C)c2c(c1)cc(CCCN)c(=O)n2C. The summed E-state index contributed by atoms with van der Waals surface area (Å²) in [6.45, 7) is 4.75. The lowest BCUT2D eigenvalue weighted by molar-refractivity contribution is 0.798. The zero-order valence-electron chi connectivity index (χ0n) is 11.3. The number of benzene rings is 1. The molecular weight excluding hydrogens is 224 g/mol. The maximum atomic E-state index is 12.2. The minimum absolute atomic E-state index is 0.0999. The molecule has 0 saturated carbocycles. The maximum absolute atomic E-state index is 12.2. The first-order chi connectivity index (χ1) is 8.54. The molecule has 0 radical (unpaired) electrons. The monoisotopic (exact) mass is 244 g/mol. The second-order valence-electron chi connectivity index (χ2n) is 4.95. The molecule has 2 aromatic rings. The topological polar surface area (TPSA) is 48.0 Å². The summed E-state index contributed by atoms with van der Waals surface area (Å²) < 4.78 is 1.76. The first-order valence-corrected chi connectivity index (χ1v) is 6.34.